The van der Waals surface area contributed by atoms with Crippen LogP contribution in [0.4, 0.5) is 5.69 Å². The summed E-state index contributed by atoms with van der Waals surface area (Å²) >= 11 is 0. The number of aromatic nitrogens is 1. The average molecular weight is 245 g/mol. The molecule has 0 saturated heterocycles. The third-order valence-electron chi connectivity index (χ3n) is 1.75. The Hall–Kier alpha value is -1.62. The molecule has 88 valence electrons. The van der Waals surface area contributed by atoms with Crippen molar-refractivity contribution in [2.24, 2.45) is 0 Å². The Morgan fingerprint density at radius 2 is 1.94 bits per heavy atom. The Kier molecular flexibility index (Phi) is 6.10. The highest BCUT2D eigenvalue weighted by Gasteiger charge is 2.08. The van der Waals surface area contributed by atoms with E-state index in [-0.39, 0.29) is 30.8 Å². The lowest BCUT2D eigenvalue weighted by Gasteiger charge is -2.00. The summed E-state index contributed by atoms with van der Waals surface area (Å²) in [6.07, 6.45) is 3.39. The number of halogens is 1. The van der Waals surface area contributed by atoms with Gasteiger partial charge in [0.25, 0.3) is 0 Å². The molecular weight excluding hydrogens is 232 g/mol. The van der Waals surface area contributed by atoms with Crippen LogP contribution in [0.3, 0.4) is 0 Å². The molecular formula is C10H13ClN2O3. The molecule has 1 aromatic heterocycles. The van der Waals surface area contributed by atoms with Crippen molar-refractivity contribution in [1.82, 2.24) is 0 Å². The fraction of sp³-hybridized carbons (Fsp3) is 0.300. The van der Waals surface area contributed by atoms with E-state index in [1.165, 1.54) is 14.0 Å². The number of rotatable bonds is 3. The van der Waals surface area contributed by atoms with Crippen LogP contribution >= 0.6 is 0 Å². The minimum absolute atomic E-state index is 0. The highest BCUT2D eigenvalue weighted by Crippen LogP contribution is 2.01. The van der Waals surface area contributed by atoms with Crippen molar-refractivity contribution in [3.05, 3.63) is 24.5 Å². The van der Waals surface area contributed by atoms with E-state index in [9.17, 15) is 9.59 Å². The van der Waals surface area contributed by atoms with Crippen LogP contribution in [0, 0.1) is 0 Å². The maximum Gasteiger partial charge on any atom is 0.372 e. The Balaban J connectivity index is 0.00000225. The quantitative estimate of drug-likeness (QED) is 0.459. The highest BCUT2D eigenvalue weighted by molar-refractivity contribution is 5.88. The fourth-order valence-electron chi connectivity index (χ4n) is 1.06. The lowest BCUT2D eigenvalue weighted by molar-refractivity contribution is -0.685. The van der Waals surface area contributed by atoms with Crippen molar-refractivity contribution in [3.8, 4) is 0 Å². The average Bonchev–Trinajstić information content (AvgIpc) is 2.20. The van der Waals surface area contributed by atoms with E-state index in [0.717, 1.165) is 0 Å². The van der Waals surface area contributed by atoms with E-state index in [1.54, 1.807) is 29.1 Å². The molecule has 1 rings (SSSR count). The summed E-state index contributed by atoms with van der Waals surface area (Å²) in [5, 5.41) is 2.63. The number of ether oxygens (including phenoxy) is 1. The summed E-state index contributed by atoms with van der Waals surface area (Å²) in [5.41, 5.74) is 0.698. The molecule has 0 aromatic carbocycles. The van der Waals surface area contributed by atoms with Gasteiger partial charge >= 0.3 is 5.97 Å². The number of nitrogens with zero attached hydrogens (tertiary/aromatic N) is 1. The number of esters is 1. The van der Waals surface area contributed by atoms with Gasteiger partial charge in [0.2, 0.25) is 12.5 Å². The Labute approximate surface area is 99.8 Å². The van der Waals surface area contributed by atoms with Gasteiger partial charge in [-0.3, -0.25) is 4.79 Å². The maximum absolute atomic E-state index is 10.9. The molecule has 0 aliphatic carbocycles. The van der Waals surface area contributed by atoms with Crippen molar-refractivity contribution in [3.63, 3.8) is 0 Å². The van der Waals surface area contributed by atoms with Crippen LogP contribution in [0.2, 0.25) is 0 Å². The number of pyridine rings is 1. The van der Waals surface area contributed by atoms with Gasteiger partial charge in [0, 0.05) is 19.1 Å². The van der Waals surface area contributed by atoms with Crippen molar-refractivity contribution < 1.29 is 31.3 Å². The van der Waals surface area contributed by atoms with Crippen LogP contribution < -0.4 is 22.3 Å². The molecule has 16 heavy (non-hydrogen) atoms. The molecule has 6 heteroatoms. The number of methoxy groups -OCH3 is 1. The monoisotopic (exact) mass is 244 g/mol. The van der Waals surface area contributed by atoms with Crippen LogP contribution in [-0.2, 0) is 20.9 Å². The first-order valence-corrected chi connectivity index (χ1v) is 4.45. The van der Waals surface area contributed by atoms with Crippen molar-refractivity contribution >= 4 is 17.6 Å². The molecule has 1 amide bonds. The second-order valence-corrected chi connectivity index (χ2v) is 3.02. The Morgan fingerprint density at radius 1 is 1.38 bits per heavy atom. The highest BCUT2D eigenvalue weighted by atomic mass is 35.5. The first-order valence-electron chi connectivity index (χ1n) is 4.45. The molecule has 1 N–H and O–H groups in total. The van der Waals surface area contributed by atoms with E-state index in [2.05, 4.69) is 10.1 Å². The zero-order valence-electron chi connectivity index (χ0n) is 9.07. The summed E-state index contributed by atoms with van der Waals surface area (Å²) in [5.74, 6) is -0.437. The van der Waals surface area contributed by atoms with Gasteiger partial charge in [-0.2, -0.15) is 4.57 Å². The number of hydrogen-bond acceptors (Lipinski definition) is 3. The van der Waals surface area contributed by atoms with Gasteiger partial charge in [-0.1, -0.05) is 0 Å². The molecule has 0 spiro atoms. The van der Waals surface area contributed by atoms with Gasteiger partial charge in [-0.05, 0) is 0 Å². The third-order valence-corrected chi connectivity index (χ3v) is 1.75. The first-order chi connectivity index (χ1) is 7.11. The number of hydrogen-bond donors (Lipinski definition) is 1. The standard InChI is InChI=1S/C10H12N2O3.ClH/c1-8(13)11-9-3-5-12(6-4-9)7-10(14)15-2;/h3-6H,7H2,1-2H3;1H. The predicted octanol–water partition coefficient (Wildman–Crippen LogP) is -2.89. The summed E-state index contributed by atoms with van der Waals surface area (Å²) in [6, 6.07) is 3.43. The van der Waals surface area contributed by atoms with Gasteiger partial charge in [-0.15, -0.1) is 0 Å². The van der Waals surface area contributed by atoms with Crippen LogP contribution in [0.5, 0.6) is 0 Å². The van der Waals surface area contributed by atoms with E-state index in [4.69, 9.17) is 0 Å². The normalized spacial score (nSPS) is 8.88. The number of carbonyl (C=O) groups is 2. The van der Waals surface area contributed by atoms with Crippen LogP contribution in [0.1, 0.15) is 6.92 Å². The SMILES string of the molecule is COC(=O)C[n+]1ccc(NC(C)=O)cc1.[Cl-]. The zero-order valence-corrected chi connectivity index (χ0v) is 9.82. The number of anilines is 1. The second kappa shape index (κ2) is 6.79. The summed E-state index contributed by atoms with van der Waals surface area (Å²) in [4.78, 5) is 21.7. The molecule has 0 saturated carbocycles. The summed E-state index contributed by atoms with van der Waals surface area (Å²) in [6.45, 7) is 1.60. The minimum Gasteiger partial charge on any atom is -1.00 e. The molecule has 1 heterocycles. The van der Waals surface area contributed by atoms with Crippen LogP contribution in [0.15, 0.2) is 24.5 Å². The Bertz CT molecular complexity index is 365. The molecule has 0 atom stereocenters. The summed E-state index contributed by atoms with van der Waals surface area (Å²) in [7, 11) is 1.34. The number of amides is 1. The van der Waals surface area contributed by atoms with Crippen LogP contribution in [-0.4, -0.2) is 19.0 Å². The smallest absolute Gasteiger partial charge is 0.372 e. The van der Waals surface area contributed by atoms with Gasteiger partial charge in [-0.25, -0.2) is 4.79 Å². The Morgan fingerprint density at radius 3 is 2.38 bits per heavy atom. The molecule has 0 aliphatic heterocycles. The fourth-order valence-corrected chi connectivity index (χ4v) is 1.06. The number of carbonyl (C=O) groups excluding carboxylic acids is 2. The van der Waals surface area contributed by atoms with E-state index >= 15 is 0 Å². The minimum atomic E-state index is -0.313. The zero-order chi connectivity index (χ0) is 11.3. The lowest BCUT2D eigenvalue weighted by atomic mass is 10.4. The molecule has 0 fully saturated rings. The molecule has 1 aromatic rings. The molecule has 0 radical (unpaired) electrons. The van der Waals surface area contributed by atoms with E-state index < -0.39 is 0 Å². The third kappa shape index (κ3) is 4.75. The van der Waals surface area contributed by atoms with Gasteiger partial charge in [0.15, 0.2) is 12.4 Å². The summed E-state index contributed by atoms with van der Waals surface area (Å²) < 4.78 is 6.18. The van der Waals surface area contributed by atoms with Gasteiger partial charge in [0.05, 0.1) is 12.8 Å². The molecule has 0 bridgehead atoms. The van der Waals surface area contributed by atoms with E-state index in [1.807, 2.05) is 0 Å². The predicted molar refractivity (Wildman–Crippen MR) is 53.0 cm³/mol. The van der Waals surface area contributed by atoms with Crippen molar-refractivity contribution in [2.75, 3.05) is 12.4 Å². The number of nitrogens with one attached hydrogen (secondary N) is 1. The molecule has 0 aliphatic rings. The molecule has 0 unspecified atom stereocenters. The topological polar surface area (TPSA) is 59.3 Å². The maximum atomic E-state index is 10.9. The largest absolute Gasteiger partial charge is 1.00 e. The van der Waals surface area contributed by atoms with Crippen molar-refractivity contribution in [2.45, 2.75) is 13.5 Å². The second-order valence-electron chi connectivity index (χ2n) is 3.02. The lowest BCUT2D eigenvalue weighted by Crippen LogP contribution is -3.00. The van der Waals surface area contributed by atoms with Crippen LogP contribution in [0.25, 0.3) is 0 Å². The van der Waals surface area contributed by atoms with Gasteiger partial charge in [0.1, 0.15) is 0 Å². The van der Waals surface area contributed by atoms with Gasteiger partial charge < -0.3 is 22.5 Å². The van der Waals surface area contributed by atoms with Crippen molar-refractivity contribution in [1.29, 1.82) is 0 Å². The molecule has 5 nitrogen and oxygen atoms in total. The van der Waals surface area contributed by atoms with E-state index in [0.29, 0.717) is 5.69 Å². The first kappa shape index (κ1) is 14.4.